The molecular formula is C7H16N2O4S. The first-order valence-corrected chi connectivity index (χ1v) is 6.04. The van der Waals surface area contributed by atoms with E-state index < -0.39 is 10.2 Å². The lowest BCUT2D eigenvalue weighted by Crippen LogP contribution is -2.46. The molecule has 1 fully saturated rings. The van der Waals surface area contributed by atoms with Crippen LogP contribution in [0.4, 0.5) is 0 Å². The molecule has 1 saturated heterocycles. The third-order valence-corrected chi connectivity index (χ3v) is 3.20. The van der Waals surface area contributed by atoms with Gasteiger partial charge in [0.15, 0.2) is 0 Å². The number of piperidine rings is 1. The maximum absolute atomic E-state index is 11.0. The molecule has 1 atom stereocenters. The van der Waals surface area contributed by atoms with Crippen molar-refractivity contribution in [2.45, 2.75) is 18.9 Å². The van der Waals surface area contributed by atoms with Crippen LogP contribution in [0.15, 0.2) is 0 Å². The monoisotopic (exact) mass is 224 g/mol. The molecule has 0 aromatic heterocycles. The van der Waals surface area contributed by atoms with Crippen LogP contribution in [-0.2, 0) is 14.9 Å². The first kappa shape index (κ1) is 11.9. The maximum atomic E-state index is 11.0. The van der Waals surface area contributed by atoms with E-state index in [0.29, 0.717) is 13.1 Å². The summed E-state index contributed by atoms with van der Waals surface area (Å²) in [5.74, 6) is 0. The van der Waals surface area contributed by atoms with Crippen LogP contribution in [0.5, 0.6) is 0 Å². The predicted molar refractivity (Wildman–Crippen MR) is 50.7 cm³/mol. The summed E-state index contributed by atoms with van der Waals surface area (Å²) < 4.78 is 28.5. The first-order valence-electron chi connectivity index (χ1n) is 4.54. The van der Waals surface area contributed by atoms with Gasteiger partial charge in [-0.2, -0.15) is 12.7 Å². The highest BCUT2D eigenvalue weighted by Gasteiger charge is 2.26. The molecule has 0 radical (unpaired) electrons. The molecular weight excluding hydrogens is 208 g/mol. The van der Waals surface area contributed by atoms with E-state index in [1.54, 1.807) is 0 Å². The average molecular weight is 224 g/mol. The van der Waals surface area contributed by atoms with Crippen molar-refractivity contribution in [2.24, 2.45) is 5.14 Å². The van der Waals surface area contributed by atoms with E-state index in [0.717, 1.165) is 12.8 Å². The summed E-state index contributed by atoms with van der Waals surface area (Å²) in [4.78, 5) is 0. The summed E-state index contributed by atoms with van der Waals surface area (Å²) in [7, 11) is -3.59. The van der Waals surface area contributed by atoms with E-state index in [1.807, 2.05) is 0 Å². The molecule has 0 saturated carbocycles. The fourth-order valence-corrected chi connectivity index (χ4v) is 2.25. The van der Waals surface area contributed by atoms with Gasteiger partial charge in [0, 0.05) is 13.1 Å². The highest BCUT2D eigenvalue weighted by atomic mass is 32.2. The molecule has 0 aromatic carbocycles. The molecule has 0 aromatic rings. The lowest BCUT2D eigenvalue weighted by molar-refractivity contribution is 0.00147. The molecule has 1 aliphatic heterocycles. The number of rotatable bonds is 4. The van der Waals surface area contributed by atoms with Gasteiger partial charge in [-0.15, -0.1) is 0 Å². The predicted octanol–water partition coefficient (Wildman–Crippen LogP) is -1.34. The minimum atomic E-state index is -3.59. The maximum Gasteiger partial charge on any atom is 0.276 e. The van der Waals surface area contributed by atoms with Gasteiger partial charge in [-0.05, 0) is 12.8 Å². The van der Waals surface area contributed by atoms with Crippen molar-refractivity contribution in [3.8, 4) is 0 Å². The van der Waals surface area contributed by atoms with Crippen LogP contribution in [0.1, 0.15) is 12.8 Å². The topological polar surface area (TPSA) is 92.9 Å². The smallest absolute Gasteiger partial charge is 0.276 e. The number of nitrogens with two attached hydrogens (primary N) is 1. The first-order chi connectivity index (χ1) is 6.54. The number of ether oxygens (including phenoxy) is 1. The largest absolute Gasteiger partial charge is 0.394 e. The molecule has 0 amide bonds. The number of aliphatic hydroxyl groups excluding tert-OH is 1. The Bertz CT molecular complexity index is 267. The average Bonchev–Trinajstić information content (AvgIpc) is 2.14. The van der Waals surface area contributed by atoms with Gasteiger partial charge in [0.2, 0.25) is 0 Å². The lowest BCUT2D eigenvalue weighted by Gasteiger charge is -2.30. The lowest BCUT2D eigenvalue weighted by atomic mass is 10.1. The fraction of sp³-hybridized carbons (Fsp3) is 1.00. The summed E-state index contributed by atoms with van der Waals surface area (Å²) in [6.07, 6.45) is 1.41. The Hall–Kier alpha value is -0.210. The molecule has 7 heteroatoms. The summed E-state index contributed by atoms with van der Waals surface area (Å²) >= 11 is 0. The highest BCUT2D eigenvalue weighted by Crippen LogP contribution is 2.14. The van der Waals surface area contributed by atoms with Gasteiger partial charge in [-0.25, -0.2) is 5.14 Å². The Morgan fingerprint density at radius 2 is 2.29 bits per heavy atom. The van der Waals surface area contributed by atoms with E-state index >= 15 is 0 Å². The van der Waals surface area contributed by atoms with Crippen molar-refractivity contribution in [1.82, 2.24) is 4.31 Å². The Balaban J connectivity index is 2.44. The van der Waals surface area contributed by atoms with Crippen molar-refractivity contribution in [1.29, 1.82) is 0 Å². The van der Waals surface area contributed by atoms with Gasteiger partial charge in [0.05, 0.1) is 19.3 Å². The summed E-state index contributed by atoms with van der Waals surface area (Å²) in [5.41, 5.74) is 0. The van der Waals surface area contributed by atoms with Gasteiger partial charge in [0.25, 0.3) is 10.2 Å². The zero-order valence-corrected chi connectivity index (χ0v) is 8.74. The van der Waals surface area contributed by atoms with E-state index in [2.05, 4.69) is 0 Å². The Morgan fingerprint density at radius 3 is 2.86 bits per heavy atom. The Labute approximate surface area is 83.8 Å². The van der Waals surface area contributed by atoms with Crippen molar-refractivity contribution in [2.75, 3.05) is 26.3 Å². The van der Waals surface area contributed by atoms with Crippen molar-refractivity contribution >= 4 is 10.2 Å². The zero-order chi connectivity index (χ0) is 10.6. The Kier molecular flexibility index (Phi) is 4.27. The quantitative estimate of drug-likeness (QED) is 0.618. The minimum absolute atomic E-state index is 0.0497. The van der Waals surface area contributed by atoms with Crippen LogP contribution < -0.4 is 5.14 Å². The van der Waals surface area contributed by atoms with Crippen LogP contribution in [0.2, 0.25) is 0 Å². The number of nitrogens with zero attached hydrogens (tertiary/aromatic N) is 1. The summed E-state index contributed by atoms with van der Waals surface area (Å²) in [5, 5.41) is 13.5. The number of hydrogen-bond acceptors (Lipinski definition) is 4. The standard InChI is InChI=1S/C7H16N2O4S/c8-14(11,12)9-3-1-2-7(6-9)13-5-4-10/h7,10H,1-6H2,(H2,8,11,12). The SMILES string of the molecule is NS(=O)(=O)N1CCCC(OCCO)C1. The molecule has 6 nitrogen and oxygen atoms in total. The third kappa shape index (κ3) is 3.50. The Morgan fingerprint density at radius 1 is 1.57 bits per heavy atom. The summed E-state index contributed by atoms with van der Waals surface area (Å²) in [6, 6.07) is 0. The molecule has 1 heterocycles. The highest BCUT2D eigenvalue weighted by molar-refractivity contribution is 7.86. The van der Waals surface area contributed by atoms with Gasteiger partial charge in [-0.3, -0.25) is 0 Å². The van der Waals surface area contributed by atoms with E-state index in [1.165, 1.54) is 4.31 Å². The third-order valence-electron chi connectivity index (χ3n) is 2.15. The van der Waals surface area contributed by atoms with Crippen LogP contribution in [0.3, 0.4) is 0 Å². The van der Waals surface area contributed by atoms with Crippen molar-refractivity contribution < 1.29 is 18.3 Å². The van der Waals surface area contributed by atoms with Gasteiger partial charge in [-0.1, -0.05) is 0 Å². The second kappa shape index (κ2) is 5.04. The number of hydrogen-bond donors (Lipinski definition) is 2. The molecule has 0 spiro atoms. The molecule has 1 aliphatic rings. The zero-order valence-electron chi connectivity index (χ0n) is 7.92. The number of aliphatic hydroxyl groups is 1. The molecule has 84 valence electrons. The molecule has 0 bridgehead atoms. The molecule has 14 heavy (non-hydrogen) atoms. The van der Waals surface area contributed by atoms with Crippen LogP contribution >= 0.6 is 0 Å². The second-order valence-electron chi connectivity index (χ2n) is 3.26. The minimum Gasteiger partial charge on any atom is -0.394 e. The normalized spacial score (nSPS) is 25.1. The fourth-order valence-electron chi connectivity index (χ4n) is 1.49. The van der Waals surface area contributed by atoms with E-state index in [9.17, 15) is 8.42 Å². The van der Waals surface area contributed by atoms with Gasteiger partial charge >= 0.3 is 0 Å². The van der Waals surface area contributed by atoms with Crippen molar-refractivity contribution in [3.05, 3.63) is 0 Å². The van der Waals surface area contributed by atoms with Crippen LogP contribution in [0.25, 0.3) is 0 Å². The molecule has 3 N–H and O–H groups in total. The van der Waals surface area contributed by atoms with Gasteiger partial charge < -0.3 is 9.84 Å². The molecule has 0 aliphatic carbocycles. The van der Waals surface area contributed by atoms with E-state index in [4.69, 9.17) is 15.0 Å². The van der Waals surface area contributed by atoms with Crippen molar-refractivity contribution in [3.63, 3.8) is 0 Å². The molecule has 1 rings (SSSR count). The van der Waals surface area contributed by atoms with Crippen LogP contribution in [0, 0.1) is 0 Å². The van der Waals surface area contributed by atoms with E-state index in [-0.39, 0.29) is 19.3 Å². The van der Waals surface area contributed by atoms with Crippen LogP contribution in [-0.4, -0.2) is 50.2 Å². The summed E-state index contributed by atoms with van der Waals surface area (Å²) in [6.45, 7) is 0.936. The molecule has 1 unspecified atom stereocenters. The second-order valence-corrected chi connectivity index (χ2v) is 4.81. The van der Waals surface area contributed by atoms with Gasteiger partial charge in [0.1, 0.15) is 0 Å².